The van der Waals surface area contributed by atoms with Crippen molar-refractivity contribution in [3.63, 3.8) is 0 Å². The lowest BCUT2D eigenvalue weighted by Gasteiger charge is -2.51. The first-order valence-corrected chi connectivity index (χ1v) is 5.68. The molecule has 1 heterocycles. The number of hydroxylamine groups is 2. The molecule has 0 bridgehead atoms. The van der Waals surface area contributed by atoms with Crippen LogP contribution in [0, 0.1) is 5.41 Å². The van der Waals surface area contributed by atoms with Gasteiger partial charge in [0.15, 0.2) is 0 Å². The second kappa shape index (κ2) is 4.45. The second-order valence-corrected chi connectivity index (χ2v) is 5.46. The quantitative estimate of drug-likeness (QED) is 0.590. The molecule has 0 atom stereocenters. The van der Waals surface area contributed by atoms with Crippen molar-refractivity contribution < 1.29 is 9.63 Å². The molecule has 0 unspecified atom stereocenters. The Labute approximate surface area is 97.4 Å². The molecular weight excluding hydrogens is 204 g/mol. The lowest BCUT2D eigenvalue weighted by molar-refractivity contribution is -0.223. The van der Waals surface area contributed by atoms with Gasteiger partial charge >= 0.3 is 0 Å². The first-order chi connectivity index (χ1) is 7.27. The molecule has 0 radical (unpaired) electrons. The van der Waals surface area contributed by atoms with Gasteiger partial charge in [0, 0.05) is 12.6 Å². The Bertz CT molecular complexity index is 295. The Morgan fingerprint density at radius 2 is 2.00 bits per heavy atom. The van der Waals surface area contributed by atoms with E-state index in [1.807, 2.05) is 5.06 Å². The molecule has 1 aliphatic rings. The number of hydrogen-bond donors (Lipinski definition) is 1. The second-order valence-electron chi connectivity index (χ2n) is 5.46. The van der Waals surface area contributed by atoms with Crippen LogP contribution in [-0.2, 0) is 9.63 Å². The van der Waals surface area contributed by atoms with E-state index < -0.39 is 5.91 Å². The van der Waals surface area contributed by atoms with Crippen molar-refractivity contribution in [2.45, 2.75) is 46.1 Å². The molecule has 4 heteroatoms. The van der Waals surface area contributed by atoms with Crippen LogP contribution in [-0.4, -0.2) is 23.1 Å². The standard InChI is InChI=1S/C12H22N2O2/c1-11(2)7-5-8-14(12(11,3)4)16-9-6-10(13)15/h6,9H,5,7-8H2,1-4H3,(H2,13,15). The van der Waals surface area contributed by atoms with Crippen molar-refractivity contribution in [1.82, 2.24) is 5.06 Å². The molecule has 0 saturated carbocycles. The van der Waals surface area contributed by atoms with Crippen LogP contribution in [0.15, 0.2) is 12.3 Å². The monoisotopic (exact) mass is 226 g/mol. The van der Waals surface area contributed by atoms with Gasteiger partial charge in [-0.15, -0.1) is 5.06 Å². The van der Waals surface area contributed by atoms with Gasteiger partial charge in [-0.25, -0.2) is 0 Å². The van der Waals surface area contributed by atoms with E-state index in [9.17, 15) is 4.79 Å². The summed E-state index contributed by atoms with van der Waals surface area (Å²) in [5, 5.41) is 1.93. The predicted molar refractivity (Wildman–Crippen MR) is 63.2 cm³/mol. The summed E-state index contributed by atoms with van der Waals surface area (Å²) in [7, 11) is 0. The van der Waals surface area contributed by atoms with Gasteiger partial charge in [-0.3, -0.25) is 4.79 Å². The molecule has 4 nitrogen and oxygen atoms in total. The van der Waals surface area contributed by atoms with E-state index in [4.69, 9.17) is 10.6 Å². The number of piperidine rings is 1. The van der Waals surface area contributed by atoms with E-state index in [1.165, 1.54) is 18.8 Å². The maximum absolute atomic E-state index is 10.6. The maximum Gasteiger partial charge on any atom is 0.244 e. The molecule has 0 spiro atoms. The van der Waals surface area contributed by atoms with Gasteiger partial charge in [0.25, 0.3) is 0 Å². The lowest BCUT2D eigenvalue weighted by Crippen LogP contribution is -2.56. The molecule has 0 aromatic heterocycles. The first kappa shape index (κ1) is 13.0. The number of hydrogen-bond acceptors (Lipinski definition) is 3. The van der Waals surface area contributed by atoms with Gasteiger partial charge in [-0.2, -0.15) is 0 Å². The fraction of sp³-hybridized carbons (Fsp3) is 0.750. The molecule has 1 aliphatic heterocycles. The normalized spacial score (nSPS) is 24.5. The van der Waals surface area contributed by atoms with Crippen molar-refractivity contribution >= 4 is 5.91 Å². The summed E-state index contributed by atoms with van der Waals surface area (Å²) in [4.78, 5) is 16.1. The number of amides is 1. The number of carbonyl (C=O) groups is 1. The molecule has 92 valence electrons. The van der Waals surface area contributed by atoms with Crippen LogP contribution >= 0.6 is 0 Å². The van der Waals surface area contributed by atoms with E-state index in [-0.39, 0.29) is 11.0 Å². The minimum Gasteiger partial charge on any atom is -0.413 e. The van der Waals surface area contributed by atoms with Crippen molar-refractivity contribution in [3.8, 4) is 0 Å². The summed E-state index contributed by atoms with van der Waals surface area (Å²) in [6.45, 7) is 9.66. The number of nitrogens with zero attached hydrogens (tertiary/aromatic N) is 1. The zero-order valence-electron chi connectivity index (χ0n) is 10.6. The molecule has 0 aliphatic carbocycles. The van der Waals surface area contributed by atoms with Gasteiger partial charge in [0.05, 0.1) is 5.54 Å². The van der Waals surface area contributed by atoms with E-state index in [0.717, 1.165) is 13.0 Å². The molecule has 1 saturated heterocycles. The molecule has 1 fully saturated rings. The van der Waals surface area contributed by atoms with Crippen LogP contribution in [0.1, 0.15) is 40.5 Å². The summed E-state index contributed by atoms with van der Waals surface area (Å²) < 4.78 is 0. The molecule has 16 heavy (non-hydrogen) atoms. The zero-order chi connectivity index (χ0) is 12.4. The topological polar surface area (TPSA) is 55.6 Å². The Kier molecular flexibility index (Phi) is 3.63. The minimum atomic E-state index is -0.492. The van der Waals surface area contributed by atoms with Gasteiger partial charge in [0.1, 0.15) is 6.26 Å². The number of nitrogens with two attached hydrogens (primary N) is 1. The summed E-state index contributed by atoms with van der Waals surface area (Å²) in [6, 6.07) is 0. The number of carbonyl (C=O) groups excluding carboxylic acids is 1. The molecule has 0 aromatic carbocycles. The van der Waals surface area contributed by atoms with Gasteiger partial charge in [-0.1, -0.05) is 13.8 Å². The van der Waals surface area contributed by atoms with Crippen LogP contribution < -0.4 is 5.73 Å². The van der Waals surface area contributed by atoms with Crippen LogP contribution in [0.25, 0.3) is 0 Å². The average Bonchev–Trinajstić information content (AvgIpc) is 2.12. The highest BCUT2D eigenvalue weighted by Gasteiger charge is 2.45. The molecule has 1 rings (SSSR count). The Balaban J connectivity index is 2.69. The fourth-order valence-electron chi connectivity index (χ4n) is 1.94. The van der Waals surface area contributed by atoms with E-state index >= 15 is 0 Å². The number of primary amides is 1. The van der Waals surface area contributed by atoms with Gasteiger partial charge < -0.3 is 10.6 Å². The van der Waals surface area contributed by atoms with Crippen LogP contribution in [0.3, 0.4) is 0 Å². The highest BCUT2D eigenvalue weighted by Crippen LogP contribution is 2.43. The molecule has 1 amide bonds. The van der Waals surface area contributed by atoms with Gasteiger partial charge in [-0.05, 0) is 32.1 Å². The average molecular weight is 226 g/mol. The molecule has 0 aromatic rings. The zero-order valence-corrected chi connectivity index (χ0v) is 10.6. The fourth-order valence-corrected chi connectivity index (χ4v) is 1.94. The largest absolute Gasteiger partial charge is 0.413 e. The summed E-state index contributed by atoms with van der Waals surface area (Å²) >= 11 is 0. The Hall–Kier alpha value is -1.03. The SMILES string of the molecule is CC1(C)CCCN(OC=CC(N)=O)C1(C)C. The van der Waals surface area contributed by atoms with Crippen LogP contribution in [0.5, 0.6) is 0 Å². The van der Waals surface area contributed by atoms with Crippen molar-refractivity contribution in [2.75, 3.05) is 6.54 Å². The third-order valence-corrected chi connectivity index (χ3v) is 3.86. The molecular formula is C12H22N2O2. The number of rotatable bonds is 3. The minimum absolute atomic E-state index is 0.0623. The van der Waals surface area contributed by atoms with E-state index in [1.54, 1.807) is 0 Å². The summed E-state index contributed by atoms with van der Waals surface area (Å²) in [5.74, 6) is -0.492. The van der Waals surface area contributed by atoms with E-state index in [0.29, 0.717) is 0 Å². The van der Waals surface area contributed by atoms with Crippen molar-refractivity contribution in [3.05, 3.63) is 12.3 Å². The highest BCUT2D eigenvalue weighted by molar-refractivity contribution is 5.85. The molecule has 2 N–H and O–H groups in total. The van der Waals surface area contributed by atoms with Crippen molar-refractivity contribution in [1.29, 1.82) is 0 Å². The Morgan fingerprint density at radius 1 is 1.38 bits per heavy atom. The van der Waals surface area contributed by atoms with Crippen LogP contribution in [0.2, 0.25) is 0 Å². The summed E-state index contributed by atoms with van der Waals surface area (Å²) in [6.07, 6.45) is 4.88. The predicted octanol–water partition coefficient (Wildman–Crippen LogP) is 1.82. The first-order valence-electron chi connectivity index (χ1n) is 5.68. The van der Waals surface area contributed by atoms with Gasteiger partial charge in [0.2, 0.25) is 5.91 Å². The highest BCUT2D eigenvalue weighted by atomic mass is 16.7. The smallest absolute Gasteiger partial charge is 0.244 e. The third-order valence-electron chi connectivity index (χ3n) is 3.86. The third kappa shape index (κ3) is 2.55. The lowest BCUT2D eigenvalue weighted by atomic mass is 9.69. The maximum atomic E-state index is 10.6. The van der Waals surface area contributed by atoms with Crippen LogP contribution in [0.4, 0.5) is 0 Å². The summed E-state index contributed by atoms with van der Waals surface area (Å²) in [5.41, 5.74) is 5.13. The van der Waals surface area contributed by atoms with Crippen molar-refractivity contribution in [2.24, 2.45) is 11.1 Å². The Morgan fingerprint density at radius 3 is 2.56 bits per heavy atom. The van der Waals surface area contributed by atoms with E-state index in [2.05, 4.69) is 27.7 Å².